The Bertz CT molecular complexity index is 152. The summed E-state index contributed by atoms with van der Waals surface area (Å²) in [7, 11) is 0. The molecule has 0 radical (unpaired) electrons. The highest BCUT2D eigenvalue weighted by Crippen LogP contribution is 1.90. The third-order valence-corrected chi connectivity index (χ3v) is 1.21. The van der Waals surface area contributed by atoms with Crippen LogP contribution in [0.5, 0.6) is 0 Å². The van der Waals surface area contributed by atoms with E-state index in [1.807, 2.05) is 24.4 Å². The van der Waals surface area contributed by atoms with Crippen LogP contribution in [-0.4, -0.2) is 17.5 Å². The first-order valence-corrected chi connectivity index (χ1v) is 3.32. The van der Waals surface area contributed by atoms with Gasteiger partial charge in [-0.1, -0.05) is 6.08 Å². The summed E-state index contributed by atoms with van der Waals surface area (Å²) in [5.74, 6) is 0. The Labute approximate surface area is 60.4 Å². The van der Waals surface area contributed by atoms with Crippen LogP contribution in [0.1, 0.15) is 6.92 Å². The largest absolute Gasteiger partial charge is 0.379 e. The van der Waals surface area contributed by atoms with Gasteiger partial charge in [-0.2, -0.15) is 0 Å². The average molecular weight is 140 g/mol. The van der Waals surface area contributed by atoms with E-state index in [1.54, 1.807) is 6.92 Å². The van der Waals surface area contributed by atoms with Crippen LogP contribution < -0.4 is 10.6 Å². The molecule has 0 saturated carbocycles. The fraction of sp³-hybridized carbons (Fsp3) is 0.429. The number of hydrogen-bond acceptors (Lipinski definition) is 3. The normalized spacial score (nSPS) is 26.0. The lowest BCUT2D eigenvalue weighted by atomic mass is 10.3. The van der Waals surface area contributed by atoms with E-state index in [2.05, 4.69) is 10.6 Å². The lowest BCUT2D eigenvalue weighted by Gasteiger charge is -2.18. The topological polar surface area (TPSA) is 44.3 Å². The molecule has 0 bridgehead atoms. The minimum Gasteiger partial charge on any atom is -0.379 e. The van der Waals surface area contributed by atoms with Crippen molar-refractivity contribution in [3.63, 3.8) is 0 Å². The maximum Gasteiger partial charge on any atom is 0.103 e. The van der Waals surface area contributed by atoms with Gasteiger partial charge in [0.1, 0.15) is 6.23 Å². The fourth-order valence-electron chi connectivity index (χ4n) is 0.809. The molecule has 0 aliphatic carbocycles. The summed E-state index contributed by atoms with van der Waals surface area (Å²) < 4.78 is 0. The van der Waals surface area contributed by atoms with Crippen LogP contribution in [0, 0.1) is 0 Å². The standard InChI is InChI=1S/C7H12N2O/c1-6(10)9-7-4-2-3-5-8-7/h2-10H,1H3. The van der Waals surface area contributed by atoms with Gasteiger partial charge in [-0.25, -0.2) is 0 Å². The van der Waals surface area contributed by atoms with Crippen LogP contribution in [0.3, 0.4) is 0 Å². The second kappa shape index (κ2) is 3.39. The quantitative estimate of drug-likeness (QED) is 0.470. The first-order valence-electron chi connectivity index (χ1n) is 3.32. The second-order valence-electron chi connectivity index (χ2n) is 2.23. The van der Waals surface area contributed by atoms with Crippen LogP contribution in [0.2, 0.25) is 0 Å². The number of aliphatic hydroxyl groups excluding tert-OH is 1. The van der Waals surface area contributed by atoms with Gasteiger partial charge in [-0.05, 0) is 25.3 Å². The Balaban J connectivity index is 2.30. The SMILES string of the molecule is CC(O)NC1C=CC=CN1. The minimum atomic E-state index is -0.478. The Morgan fingerprint density at radius 3 is 2.90 bits per heavy atom. The number of rotatable bonds is 2. The van der Waals surface area contributed by atoms with Crippen molar-refractivity contribution in [2.24, 2.45) is 0 Å². The van der Waals surface area contributed by atoms with Crippen molar-refractivity contribution >= 4 is 0 Å². The van der Waals surface area contributed by atoms with E-state index in [4.69, 9.17) is 5.11 Å². The van der Waals surface area contributed by atoms with Crippen LogP contribution in [0.25, 0.3) is 0 Å². The van der Waals surface area contributed by atoms with Crippen molar-refractivity contribution < 1.29 is 5.11 Å². The molecule has 1 rings (SSSR count). The lowest BCUT2D eigenvalue weighted by molar-refractivity contribution is 0.144. The third-order valence-electron chi connectivity index (χ3n) is 1.21. The molecule has 0 aromatic heterocycles. The smallest absolute Gasteiger partial charge is 0.103 e. The maximum atomic E-state index is 8.90. The van der Waals surface area contributed by atoms with Crippen molar-refractivity contribution in [2.75, 3.05) is 0 Å². The van der Waals surface area contributed by atoms with E-state index in [1.165, 1.54) is 0 Å². The zero-order chi connectivity index (χ0) is 7.40. The Hall–Kier alpha value is -0.800. The van der Waals surface area contributed by atoms with Gasteiger partial charge in [0, 0.05) is 0 Å². The molecule has 3 heteroatoms. The molecule has 3 N–H and O–H groups in total. The summed E-state index contributed by atoms with van der Waals surface area (Å²) in [5, 5.41) is 14.8. The van der Waals surface area contributed by atoms with Gasteiger partial charge >= 0.3 is 0 Å². The summed E-state index contributed by atoms with van der Waals surface area (Å²) in [5.41, 5.74) is 0. The Morgan fingerprint density at radius 1 is 1.60 bits per heavy atom. The van der Waals surface area contributed by atoms with Gasteiger partial charge in [0.2, 0.25) is 0 Å². The number of nitrogens with one attached hydrogen (secondary N) is 2. The molecule has 0 fully saturated rings. The Kier molecular flexibility index (Phi) is 2.48. The molecule has 1 aliphatic rings. The average Bonchev–Trinajstić information content (AvgIpc) is 1.88. The summed E-state index contributed by atoms with van der Waals surface area (Å²) in [6.07, 6.45) is 7.18. The van der Waals surface area contributed by atoms with Crippen molar-refractivity contribution in [1.82, 2.24) is 10.6 Å². The van der Waals surface area contributed by atoms with Crippen LogP contribution in [0.15, 0.2) is 24.4 Å². The molecule has 0 saturated heterocycles. The first-order chi connectivity index (χ1) is 4.79. The van der Waals surface area contributed by atoms with E-state index in [-0.39, 0.29) is 6.17 Å². The predicted octanol–water partition coefficient (Wildman–Crippen LogP) is -0.0865. The highest BCUT2D eigenvalue weighted by Gasteiger charge is 2.04. The monoisotopic (exact) mass is 140 g/mol. The Morgan fingerprint density at radius 2 is 2.40 bits per heavy atom. The van der Waals surface area contributed by atoms with E-state index in [9.17, 15) is 0 Å². The molecule has 0 aromatic rings. The molecule has 3 nitrogen and oxygen atoms in total. The van der Waals surface area contributed by atoms with Crippen molar-refractivity contribution in [3.8, 4) is 0 Å². The van der Waals surface area contributed by atoms with Crippen LogP contribution in [0.4, 0.5) is 0 Å². The number of hydrogen-bond donors (Lipinski definition) is 3. The van der Waals surface area contributed by atoms with E-state index in [0.29, 0.717) is 0 Å². The molecule has 1 aliphatic heterocycles. The summed E-state index contributed by atoms with van der Waals surface area (Å²) in [4.78, 5) is 0. The van der Waals surface area contributed by atoms with Crippen molar-refractivity contribution in [2.45, 2.75) is 19.3 Å². The molecular formula is C7H12N2O. The molecule has 2 atom stereocenters. The maximum absolute atomic E-state index is 8.90. The number of allylic oxidation sites excluding steroid dienone is 2. The molecule has 10 heavy (non-hydrogen) atoms. The van der Waals surface area contributed by atoms with Crippen LogP contribution >= 0.6 is 0 Å². The van der Waals surface area contributed by atoms with Gasteiger partial charge in [0.15, 0.2) is 0 Å². The summed E-state index contributed by atoms with van der Waals surface area (Å²) >= 11 is 0. The molecule has 0 spiro atoms. The molecular weight excluding hydrogens is 128 g/mol. The van der Waals surface area contributed by atoms with Crippen LogP contribution in [-0.2, 0) is 0 Å². The van der Waals surface area contributed by atoms with Gasteiger partial charge in [0.05, 0.1) is 6.17 Å². The summed E-state index contributed by atoms with van der Waals surface area (Å²) in [6.45, 7) is 1.69. The second-order valence-corrected chi connectivity index (χ2v) is 2.23. The zero-order valence-corrected chi connectivity index (χ0v) is 5.91. The zero-order valence-electron chi connectivity index (χ0n) is 5.91. The van der Waals surface area contributed by atoms with Gasteiger partial charge in [-0.3, -0.25) is 5.32 Å². The van der Waals surface area contributed by atoms with Crippen molar-refractivity contribution in [1.29, 1.82) is 0 Å². The molecule has 1 heterocycles. The molecule has 2 unspecified atom stereocenters. The predicted molar refractivity (Wildman–Crippen MR) is 40.0 cm³/mol. The molecule has 0 amide bonds. The highest BCUT2D eigenvalue weighted by molar-refractivity contribution is 5.11. The highest BCUT2D eigenvalue weighted by atomic mass is 16.3. The number of dihydropyridines is 1. The van der Waals surface area contributed by atoms with E-state index >= 15 is 0 Å². The lowest BCUT2D eigenvalue weighted by Crippen LogP contribution is -2.43. The first kappa shape index (κ1) is 7.31. The molecule has 0 aromatic carbocycles. The van der Waals surface area contributed by atoms with E-state index < -0.39 is 6.23 Å². The summed E-state index contributed by atoms with van der Waals surface area (Å²) in [6, 6.07) is 0. The van der Waals surface area contributed by atoms with Crippen molar-refractivity contribution in [3.05, 3.63) is 24.4 Å². The van der Waals surface area contributed by atoms with Gasteiger partial charge < -0.3 is 10.4 Å². The third kappa shape index (κ3) is 2.21. The van der Waals surface area contributed by atoms with E-state index in [0.717, 1.165) is 0 Å². The minimum absolute atomic E-state index is 0.0602. The number of aliphatic hydroxyl groups is 1. The fourth-order valence-corrected chi connectivity index (χ4v) is 0.809. The van der Waals surface area contributed by atoms with Gasteiger partial charge in [0.25, 0.3) is 0 Å². The van der Waals surface area contributed by atoms with Gasteiger partial charge in [-0.15, -0.1) is 0 Å². The molecule has 56 valence electrons.